The summed E-state index contributed by atoms with van der Waals surface area (Å²) >= 11 is 0. The second-order valence-electron chi connectivity index (χ2n) is 5.07. The lowest BCUT2D eigenvalue weighted by Crippen LogP contribution is -2.46. The van der Waals surface area contributed by atoms with E-state index in [0.717, 1.165) is 25.8 Å². The highest BCUT2D eigenvalue weighted by molar-refractivity contribution is 7.92. The Balaban J connectivity index is 2.58. The minimum Gasteiger partial charge on any atom is -0.298 e. The van der Waals surface area contributed by atoms with Crippen LogP contribution in [0.5, 0.6) is 0 Å². The Hall–Kier alpha value is -0.420. The molecule has 17 heavy (non-hydrogen) atoms. The number of ketones is 1. The van der Waals surface area contributed by atoms with Crippen molar-refractivity contribution in [3.63, 3.8) is 0 Å². The van der Waals surface area contributed by atoms with Crippen molar-refractivity contribution in [3.8, 4) is 0 Å². The van der Waals surface area contributed by atoms with Gasteiger partial charge in [0.2, 0.25) is 0 Å². The highest BCUT2D eigenvalue weighted by Crippen LogP contribution is 2.18. The van der Waals surface area contributed by atoms with Crippen LogP contribution in [0.2, 0.25) is 0 Å². The van der Waals surface area contributed by atoms with Crippen LogP contribution in [0.15, 0.2) is 0 Å². The SMILES string of the molecule is CC(=O)C1CCCCN1CCS(=O)(=O)C(C)C. The largest absolute Gasteiger partial charge is 0.298 e. The molecule has 1 fully saturated rings. The van der Waals surface area contributed by atoms with Crippen molar-refractivity contribution >= 4 is 15.6 Å². The van der Waals surface area contributed by atoms with Gasteiger partial charge >= 0.3 is 0 Å². The van der Waals surface area contributed by atoms with Crippen LogP contribution < -0.4 is 0 Å². The normalized spacial score (nSPS) is 22.9. The molecule has 0 N–H and O–H groups in total. The molecular weight excluding hydrogens is 238 g/mol. The molecule has 1 unspecified atom stereocenters. The van der Waals surface area contributed by atoms with Gasteiger partial charge < -0.3 is 0 Å². The maximum Gasteiger partial charge on any atom is 0.153 e. The number of nitrogens with zero attached hydrogens (tertiary/aromatic N) is 1. The minimum absolute atomic E-state index is 0.0638. The number of rotatable bonds is 5. The van der Waals surface area contributed by atoms with Gasteiger partial charge in [-0.1, -0.05) is 6.42 Å². The number of hydrogen-bond donors (Lipinski definition) is 0. The molecule has 1 aliphatic rings. The third kappa shape index (κ3) is 4.07. The molecule has 0 aliphatic carbocycles. The van der Waals surface area contributed by atoms with Crippen LogP contribution in [-0.4, -0.2) is 49.2 Å². The second kappa shape index (κ2) is 5.96. The first kappa shape index (κ1) is 14.6. The summed E-state index contributed by atoms with van der Waals surface area (Å²) in [5.41, 5.74) is 0. The van der Waals surface area contributed by atoms with Crippen LogP contribution in [0.1, 0.15) is 40.0 Å². The molecule has 0 radical (unpaired) electrons. The van der Waals surface area contributed by atoms with E-state index in [-0.39, 0.29) is 22.8 Å². The van der Waals surface area contributed by atoms with Crippen molar-refractivity contribution in [1.82, 2.24) is 4.90 Å². The number of likely N-dealkylation sites (tertiary alicyclic amines) is 1. The van der Waals surface area contributed by atoms with Crippen molar-refractivity contribution in [3.05, 3.63) is 0 Å². The Bertz CT molecular complexity index is 362. The number of carbonyl (C=O) groups is 1. The number of sulfone groups is 1. The summed E-state index contributed by atoms with van der Waals surface area (Å²) in [5, 5.41) is -0.330. The Morgan fingerprint density at radius 3 is 2.53 bits per heavy atom. The van der Waals surface area contributed by atoms with Gasteiger partial charge in [0.1, 0.15) is 5.78 Å². The van der Waals surface area contributed by atoms with Crippen molar-refractivity contribution in [1.29, 1.82) is 0 Å². The molecule has 4 nitrogen and oxygen atoms in total. The zero-order chi connectivity index (χ0) is 13.1. The van der Waals surface area contributed by atoms with Crippen LogP contribution in [-0.2, 0) is 14.6 Å². The molecule has 1 aliphatic heterocycles. The van der Waals surface area contributed by atoms with E-state index in [1.165, 1.54) is 0 Å². The maximum absolute atomic E-state index is 11.7. The third-order valence-corrected chi connectivity index (χ3v) is 5.65. The van der Waals surface area contributed by atoms with Gasteiger partial charge in [-0.3, -0.25) is 9.69 Å². The Labute approximate surface area is 104 Å². The molecule has 0 aromatic heterocycles. The zero-order valence-corrected chi connectivity index (χ0v) is 11.8. The average molecular weight is 261 g/mol. The Morgan fingerprint density at radius 1 is 1.35 bits per heavy atom. The van der Waals surface area contributed by atoms with Gasteiger partial charge in [-0.2, -0.15) is 0 Å². The quantitative estimate of drug-likeness (QED) is 0.747. The van der Waals surface area contributed by atoms with Crippen molar-refractivity contribution in [2.45, 2.75) is 51.3 Å². The molecule has 0 saturated carbocycles. The van der Waals surface area contributed by atoms with E-state index >= 15 is 0 Å². The van der Waals surface area contributed by atoms with E-state index in [0.29, 0.717) is 6.54 Å². The van der Waals surface area contributed by atoms with Gasteiger partial charge in [0.25, 0.3) is 0 Å². The monoisotopic (exact) mass is 261 g/mol. The highest BCUT2D eigenvalue weighted by Gasteiger charge is 2.27. The molecular formula is C12H23NO3S. The summed E-state index contributed by atoms with van der Waals surface area (Å²) in [4.78, 5) is 13.5. The van der Waals surface area contributed by atoms with E-state index in [1.54, 1.807) is 20.8 Å². The lowest BCUT2D eigenvalue weighted by molar-refractivity contribution is -0.123. The first-order chi connectivity index (χ1) is 7.84. The van der Waals surface area contributed by atoms with Crippen LogP contribution in [0, 0.1) is 0 Å². The van der Waals surface area contributed by atoms with Crippen LogP contribution in [0.4, 0.5) is 0 Å². The fraction of sp³-hybridized carbons (Fsp3) is 0.917. The molecule has 100 valence electrons. The van der Waals surface area contributed by atoms with Crippen molar-refractivity contribution in [2.75, 3.05) is 18.8 Å². The number of Topliss-reactive ketones (excluding diaryl/α,β-unsaturated/α-hetero) is 1. The van der Waals surface area contributed by atoms with E-state index in [1.807, 2.05) is 4.90 Å². The molecule has 5 heteroatoms. The highest BCUT2D eigenvalue weighted by atomic mass is 32.2. The van der Waals surface area contributed by atoms with Gasteiger partial charge in [0, 0.05) is 6.54 Å². The molecule has 1 rings (SSSR count). The summed E-state index contributed by atoms with van der Waals surface area (Å²) in [6, 6.07) is -0.0638. The Kier molecular flexibility index (Phi) is 5.13. The van der Waals surface area contributed by atoms with Gasteiger partial charge in [-0.15, -0.1) is 0 Å². The summed E-state index contributed by atoms with van der Waals surface area (Å²) < 4.78 is 23.5. The van der Waals surface area contributed by atoms with Crippen LogP contribution in [0.3, 0.4) is 0 Å². The van der Waals surface area contributed by atoms with E-state index in [2.05, 4.69) is 0 Å². The predicted octanol–water partition coefficient (Wildman–Crippen LogP) is 1.25. The topological polar surface area (TPSA) is 54.5 Å². The molecule has 0 aromatic rings. The van der Waals surface area contributed by atoms with Gasteiger partial charge in [0.15, 0.2) is 9.84 Å². The fourth-order valence-corrected chi connectivity index (χ4v) is 3.16. The lowest BCUT2D eigenvalue weighted by Gasteiger charge is -2.34. The first-order valence-corrected chi connectivity index (χ1v) is 8.02. The van der Waals surface area contributed by atoms with Gasteiger partial charge in [-0.25, -0.2) is 8.42 Å². The average Bonchev–Trinajstić information content (AvgIpc) is 2.26. The van der Waals surface area contributed by atoms with E-state index in [4.69, 9.17) is 0 Å². The molecule has 1 heterocycles. The van der Waals surface area contributed by atoms with E-state index in [9.17, 15) is 13.2 Å². The Morgan fingerprint density at radius 2 is 2.00 bits per heavy atom. The summed E-state index contributed by atoms with van der Waals surface area (Å²) in [6.45, 7) is 6.34. The summed E-state index contributed by atoms with van der Waals surface area (Å²) in [5.74, 6) is 0.320. The second-order valence-corrected chi connectivity index (χ2v) is 7.75. The molecule has 0 bridgehead atoms. The van der Waals surface area contributed by atoms with E-state index < -0.39 is 9.84 Å². The first-order valence-electron chi connectivity index (χ1n) is 6.30. The molecule has 1 atom stereocenters. The zero-order valence-electron chi connectivity index (χ0n) is 11.0. The minimum atomic E-state index is -3.00. The molecule has 1 saturated heterocycles. The predicted molar refractivity (Wildman–Crippen MR) is 68.8 cm³/mol. The third-order valence-electron chi connectivity index (χ3n) is 3.46. The fourth-order valence-electron chi connectivity index (χ4n) is 2.20. The number of piperidine rings is 1. The molecule has 0 amide bonds. The molecule has 0 aromatic carbocycles. The molecule has 0 spiro atoms. The number of hydrogen-bond acceptors (Lipinski definition) is 4. The summed E-state index contributed by atoms with van der Waals surface area (Å²) in [7, 11) is -3.00. The number of carbonyl (C=O) groups excluding carboxylic acids is 1. The maximum atomic E-state index is 11.7. The van der Waals surface area contributed by atoms with Crippen LogP contribution >= 0.6 is 0 Å². The van der Waals surface area contributed by atoms with Gasteiger partial charge in [0.05, 0.1) is 17.0 Å². The standard InChI is InChI=1S/C12H23NO3S/c1-10(2)17(15,16)9-8-13-7-5-4-6-12(13)11(3)14/h10,12H,4-9H2,1-3H3. The van der Waals surface area contributed by atoms with Crippen molar-refractivity contribution in [2.24, 2.45) is 0 Å². The van der Waals surface area contributed by atoms with Gasteiger partial charge in [-0.05, 0) is 40.2 Å². The van der Waals surface area contributed by atoms with Crippen molar-refractivity contribution < 1.29 is 13.2 Å². The smallest absolute Gasteiger partial charge is 0.153 e. The van der Waals surface area contributed by atoms with Crippen LogP contribution in [0.25, 0.3) is 0 Å². The lowest BCUT2D eigenvalue weighted by atomic mass is 9.99. The summed E-state index contributed by atoms with van der Waals surface area (Å²) in [6.07, 6.45) is 3.00.